The van der Waals surface area contributed by atoms with Gasteiger partial charge in [0.15, 0.2) is 0 Å². The molecule has 1 unspecified atom stereocenters. The molecule has 2 aromatic carbocycles. The number of ether oxygens (including phenoxy) is 1. The van der Waals surface area contributed by atoms with Gasteiger partial charge in [-0.05, 0) is 49.7 Å². The minimum Gasteiger partial charge on any atom is -0.497 e. The van der Waals surface area contributed by atoms with Crippen LogP contribution in [-0.4, -0.2) is 55.7 Å². The van der Waals surface area contributed by atoms with E-state index in [1.165, 1.54) is 11.3 Å². The van der Waals surface area contributed by atoms with Gasteiger partial charge in [-0.15, -0.1) is 0 Å². The fourth-order valence-corrected chi connectivity index (χ4v) is 4.40. The highest BCUT2D eigenvalue weighted by atomic mass is 16.5. The lowest BCUT2D eigenvalue weighted by atomic mass is 9.89. The summed E-state index contributed by atoms with van der Waals surface area (Å²) in [5.41, 5.74) is 1.76. The quantitative estimate of drug-likeness (QED) is 0.545. The molecular weight excluding hydrogens is 378 g/mol. The third-order valence-electron chi connectivity index (χ3n) is 6.00. The van der Waals surface area contributed by atoms with E-state index in [-0.39, 0.29) is 11.8 Å². The van der Waals surface area contributed by atoms with E-state index >= 15 is 0 Å². The Labute approximate surface area is 177 Å². The van der Waals surface area contributed by atoms with Gasteiger partial charge in [0.25, 0.3) is 5.91 Å². The number of rotatable bonds is 6. The number of likely N-dealkylation sites (N-methyl/N-ethyl adjacent to an activating group) is 1. The number of nitrogens with zero attached hydrogens (tertiary/aromatic N) is 3. The van der Waals surface area contributed by atoms with Crippen LogP contribution in [0.25, 0.3) is 0 Å². The molecule has 1 saturated heterocycles. The molecule has 0 N–H and O–H groups in total. The van der Waals surface area contributed by atoms with Gasteiger partial charge >= 0.3 is 0 Å². The molecule has 2 amide bonds. The first-order valence-electron chi connectivity index (χ1n) is 10.5. The molecule has 2 aromatic rings. The summed E-state index contributed by atoms with van der Waals surface area (Å²) in [4.78, 5) is 34.9. The second-order valence-electron chi connectivity index (χ2n) is 7.68. The molecule has 0 radical (unpaired) electrons. The number of carbonyl (C=O) groups excluding carboxylic acids is 2. The third-order valence-corrected chi connectivity index (χ3v) is 6.00. The first kappa shape index (κ1) is 20.3. The van der Waals surface area contributed by atoms with Crippen molar-refractivity contribution >= 4 is 23.7 Å². The Morgan fingerprint density at radius 2 is 2.00 bits per heavy atom. The Bertz CT molecular complexity index is 972. The van der Waals surface area contributed by atoms with E-state index in [1.54, 1.807) is 43.7 Å². The summed E-state index contributed by atoms with van der Waals surface area (Å²) >= 11 is 0. The number of benzene rings is 2. The summed E-state index contributed by atoms with van der Waals surface area (Å²) in [6.45, 7) is 4.97. The molecule has 6 heteroatoms. The van der Waals surface area contributed by atoms with Crippen LogP contribution in [-0.2, 0) is 4.79 Å². The molecule has 6 nitrogen and oxygen atoms in total. The Balaban J connectivity index is 1.65. The smallest absolute Gasteiger partial charge is 0.265 e. The monoisotopic (exact) mass is 405 g/mol. The van der Waals surface area contributed by atoms with Crippen molar-refractivity contribution in [2.75, 3.05) is 31.6 Å². The van der Waals surface area contributed by atoms with E-state index in [2.05, 4.69) is 16.8 Å². The van der Waals surface area contributed by atoms with E-state index in [9.17, 15) is 9.59 Å². The normalized spacial score (nSPS) is 22.0. The van der Waals surface area contributed by atoms with Gasteiger partial charge < -0.3 is 4.74 Å². The van der Waals surface area contributed by atoms with E-state index in [4.69, 9.17) is 4.74 Å². The van der Waals surface area contributed by atoms with Crippen molar-refractivity contribution in [1.29, 1.82) is 0 Å². The molecule has 0 bridgehead atoms. The van der Waals surface area contributed by atoms with Crippen molar-refractivity contribution in [1.82, 2.24) is 4.90 Å². The van der Waals surface area contributed by atoms with Crippen molar-refractivity contribution in [3.63, 3.8) is 0 Å². The van der Waals surface area contributed by atoms with Crippen LogP contribution in [0.2, 0.25) is 0 Å². The standard InChI is InChI=1S/C24H27N3O3/c1-3-26-13-7-9-18(26)15-25-16-22-20-11-4-5-12-21(20)23(28)27(24(22)29)17-8-6-10-19(14-17)30-2/h4-6,8,10-12,14,16,18,22H,3,7,9,13,15H2,1-2H3/t18-,22?/m1/s1. The van der Waals surface area contributed by atoms with Crippen molar-refractivity contribution < 1.29 is 14.3 Å². The van der Waals surface area contributed by atoms with Gasteiger partial charge in [-0.3, -0.25) is 19.5 Å². The number of hydrogen-bond donors (Lipinski definition) is 0. The van der Waals surface area contributed by atoms with Gasteiger partial charge in [-0.25, -0.2) is 4.90 Å². The zero-order chi connectivity index (χ0) is 21.1. The van der Waals surface area contributed by atoms with E-state index in [0.29, 0.717) is 35.2 Å². The summed E-state index contributed by atoms with van der Waals surface area (Å²) < 4.78 is 5.27. The molecule has 0 aromatic heterocycles. The molecule has 1 fully saturated rings. The molecule has 2 aliphatic heterocycles. The molecule has 0 saturated carbocycles. The van der Waals surface area contributed by atoms with Gasteiger partial charge in [0.2, 0.25) is 5.91 Å². The highest BCUT2D eigenvalue weighted by Gasteiger charge is 2.39. The van der Waals surface area contributed by atoms with Gasteiger partial charge in [0, 0.05) is 23.9 Å². The summed E-state index contributed by atoms with van der Waals surface area (Å²) in [6, 6.07) is 14.7. The lowest BCUT2D eigenvalue weighted by molar-refractivity contribution is -0.118. The molecule has 4 rings (SSSR count). The number of aliphatic imine (C=N–C) groups is 1. The van der Waals surface area contributed by atoms with Crippen LogP contribution in [0, 0.1) is 0 Å². The van der Waals surface area contributed by atoms with Gasteiger partial charge in [-0.1, -0.05) is 31.2 Å². The zero-order valence-electron chi connectivity index (χ0n) is 17.5. The predicted molar refractivity (Wildman–Crippen MR) is 118 cm³/mol. The minimum atomic E-state index is -0.582. The summed E-state index contributed by atoms with van der Waals surface area (Å²) in [5.74, 6) is -0.587. The SMILES string of the molecule is CCN1CCC[C@@H]1CN=CC1C(=O)N(c2cccc(OC)c2)C(=O)c2ccccc21. The molecular formula is C24H27N3O3. The molecule has 30 heavy (non-hydrogen) atoms. The highest BCUT2D eigenvalue weighted by molar-refractivity contribution is 6.29. The Morgan fingerprint density at radius 1 is 1.17 bits per heavy atom. The maximum atomic E-state index is 13.4. The van der Waals surface area contributed by atoms with E-state index < -0.39 is 5.92 Å². The second-order valence-corrected chi connectivity index (χ2v) is 7.68. The van der Waals surface area contributed by atoms with Crippen LogP contribution in [0.15, 0.2) is 53.5 Å². The first-order valence-corrected chi connectivity index (χ1v) is 10.5. The summed E-state index contributed by atoms with van der Waals surface area (Å²) in [7, 11) is 1.56. The average Bonchev–Trinajstić information content (AvgIpc) is 3.24. The first-order chi connectivity index (χ1) is 14.6. The number of amides is 2. The second kappa shape index (κ2) is 8.79. The maximum Gasteiger partial charge on any atom is 0.265 e. The summed E-state index contributed by atoms with van der Waals surface area (Å²) in [6.07, 6.45) is 4.05. The Hall–Kier alpha value is -2.99. The van der Waals surface area contributed by atoms with Gasteiger partial charge in [0.05, 0.1) is 25.3 Å². The number of methoxy groups -OCH3 is 1. The van der Waals surface area contributed by atoms with Crippen LogP contribution in [0.4, 0.5) is 5.69 Å². The number of likely N-dealkylation sites (tertiary alicyclic amines) is 1. The van der Waals surface area contributed by atoms with Crippen molar-refractivity contribution in [2.45, 2.75) is 31.7 Å². The Kier molecular flexibility index (Phi) is 5.95. The van der Waals surface area contributed by atoms with E-state index in [0.717, 1.165) is 19.5 Å². The molecule has 156 valence electrons. The van der Waals surface area contributed by atoms with Crippen LogP contribution in [0.1, 0.15) is 41.6 Å². The van der Waals surface area contributed by atoms with E-state index in [1.807, 2.05) is 18.2 Å². The number of anilines is 1. The molecule has 2 atom stereocenters. The van der Waals surface area contributed by atoms with Crippen molar-refractivity contribution in [3.8, 4) is 5.75 Å². The maximum absolute atomic E-state index is 13.4. The molecule has 0 spiro atoms. The zero-order valence-corrected chi connectivity index (χ0v) is 17.5. The van der Waals surface area contributed by atoms with Gasteiger partial charge in [-0.2, -0.15) is 0 Å². The van der Waals surface area contributed by atoms with Crippen LogP contribution in [0.5, 0.6) is 5.75 Å². The van der Waals surface area contributed by atoms with Crippen molar-refractivity contribution in [2.24, 2.45) is 4.99 Å². The lowest BCUT2D eigenvalue weighted by Gasteiger charge is -2.31. The van der Waals surface area contributed by atoms with Crippen LogP contribution >= 0.6 is 0 Å². The minimum absolute atomic E-state index is 0.283. The number of imide groups is 1. The van der Waals surface area contributed by atoms with Crippen LogP contribution in [0.3, 0.4) is 0 Å². The largest absolute Gasteiger partial charge is 0.497 e. The number of fused-ring (bicyclic) bond motifs is 1. The number of carbonyl (C=O) groups is 2. The fraction of sp³-hybridized carbons (Fsp3) is 0.375. The predicted octanol–water partition coefficient (Wildman–Crippen LogP) is 3.52. The Morgan fingerprint density at radius 3 is 2.80 bits per heavy atom. The van der Waals surface area contributed by atoms with Crippen molar-refractivity contribution in [3.05, 3.63) is 59.7 Å². The highest BCUT2D eigenvalue weighted by Crippen LogP contribution is 2.33. The van der Waals surface area contributed by atoms with Gasteiger partial charge in [0.1, 0.15) is 5.75 Å². The topological polar surface area (TPSA) is 62.2 Å². The summed E-state index contributed by atoms with van der Waals surface area (Å²) in [5, 5.41) is 0. The number of hydrogen-bond acceptors (Lipinski definition) is 5. The fourth-order valence-electron chi connectivity index (χ4n) is 4.40. The van der Waals surface area contributed by atoms with Crippen LogP contribution < -0.4 is 9.64 Å². The average molecular weight is 405 g/mol. The third kappa shape index (κ3) is 3.75. The molecule has 2 heterocycles. The molecule has 0 aliphatic carbocycles. The lowest BCUT2D eigenvalue weighted by Crippen LogP contribution is -2.45. The molecule has 2 aliphatic rings.